The van der Waals surface area contributed by atoms with E-state index in [1.807, 2.05) is 26.2 Å². The van der Waals surface area contributed by atoms with Crippen LogP contribution in [0.2, 0.25) is 0 Å². The summed E-state index contributed by atoms with van der Waals surface area (Å²) in [4.78, 5) is 0. The number of hydrogen-bond acceptors (Lipinski definition) is 2. The second kappa shape index (κ2) is 4.67. The number of benzene rings is 1. The largest absolute Gasteiger partial charge is 0.326 e. The van der Waals surface area contributed by atoms with Gasteiger partial charge in [0, 0.05) is 30.9 Å². The number of nitrogens with zero attached hydrogens (tertiary/aromatic N) is 2. The average Bonchev–Trinajstić information content (AvgIpc) is 2.70. The number of hydrogen-bond donors (Lipinski definition) is 1. The van der Waals surface area contributed by atoms with Crippen molar-refractivity contribution in [2.45, 2.75) is 19.9 Å². The molecule has 0 bridgehead atoms. The Morgan fingerprint density at radius 3 is 2.71 bits per heavy atom. The SMILES string of the molecule is CCc1nn(C)cc1-c1ccc(CN)cc1F. The molecule has 0 unspecified atom stereocenters. The highest BCUT2D eigenvalue weighted by molar-refractivity contribution is 5.66. The van der Waals surface area contributed by atoms with Crippen LogP contribution >= 0.6 is 0 Å². The van der Waals surface area contributed by atoms with Crippen molar-refractivity contribution in [1.29, 1.82) is 0 Å². The molecule has 1 aromatic carbocycles. The second-order valence-corrected chi connectivity index (χ2v) is 4.04. The van der Waals surface area contributed by atoms with E-state index in [1.54, 1.807) is 10.7 Å². The standard InChI is InChI=1S/C13H16FN3/c1-3-13-11(8-17(2)16-13)10-5-4-9(7-15)6-12(10)14/h4-6,8H,3,7,15H2,1-2H3. The molecule has 0 fully saturated rings. The summed E-state index contributed by atoms with van der Waals surface area (Å²) in [5, 5.41) is 4.31. The molecule has 1 heterocycles. The summed E-state index contributed by atoms with van der Waals surface area (Å²) in [5.41, 5.74) is 8.64. The smallest absolute Gasteiger partial charge is 0.131 e. The fraction of sp³-hybridized carbons (Fsp3) is 0.308. The fourth-order valence-electron chi connectivity index (χ4n) is 1.92. The molecule has 3 nitrogen and oxygen atoms in total. The first-order chi connectivity index (χ1) is 8.15. The number of aromatic nitrogens is 2. The number of rotatable bonds is 3. The molecule has 0 saturated carbocycles. The minimum absolute atomic E-state index is 0.240. The maximum Gasteiger partial charge on any atom is 0.131 e. The lowest BCUT2D eigenvalue weighted by atomic mass is 10.0. The van der Waals surface area contributed by atoms with Gasteiger partial charge in [0.15, 0.2) is 0 Å². The fourth-order valence-corrected chi connectivity index (χ4v) is 1.92. The van der Waals surface area contributed by atoms with Crippen LogP contribution in [0.3, 0.4) is 0 Å². The quantitative estimate of drug-likeness (QED) is 0.883. The Balaban J connectivity index is 2.52. The van der Waals surface area contributed by atoms with Crippen molar-refractivity contribution in [3.05, 3.63) is 41.5 Å². The molecule has 0 aliphatic rings. The normalized spacial score (nSPS) is 10.8. The Labute approximate surface area is 100 Å². The van der Waals surface area contributed by atoms with E-state index >= 15 is 0 Å². The highest BCUT2D eigenvalue weighted by Gasteiger charge is 2.12. The Hall–Kier alpha value is -1.68. The van der Waals surface area contributed by atoms with Gasteiger partial charge in [-0.05, 0) is 18.1 Å². The summed E-state index contributed by atoms with van der Waals surface area (Å²) < 4.78 is 15.7. The lowest BCUT2D eigenvalue weighted by Gasteiger charge is -2.04. The van der Waals surface area contributed by atoms with Gasteiger partial charge in [0.2, 0.25) is 0 Å². The van der Waals surface area contributed by atoms with Gasteiger partial charge in [0.1, 0.15) is 5.82 Å². The van der Waals surface area contributed by atoms with Crippen molar-refractivity contribution in [3.63, 3.8) is 0 Å². The van der Waals surface area contributed by atoms with E-state index in [1.165, 1.54) is 6.07 Å². The molecule has 2 aromatic rings. The van der Waals surface area contributed by atoms with Gasteiger partial charge >= 0.3 is 0 Å². The second-order valence-electron chi connectivity index (χ2n) is 4.04. The molecule has 0 amide bonds. The highest BCUT2D eigenvalue weighted by Crippen LogP contribution is 2.26. The summed E-state index contributed by atoms with van der Waals surface area (Å²) in [6.45, 7) is 2.36. The molecule has 0 aliphatic carbocycles. The van der Waals surface area contributed by atoms with Gasteiger partial charge in [-0.25, -0.2) is 4.39 Å². The molecule has 0 spiro atoms. The maximum atomic E-state index is 14.0. The predicted molar refractivity (Wildman–Crippen MR) is 65.9 cm³/mol. The van der Waals surface area contributed by atoms with Crippen LogP contribution < -0.4 is 5.73 Å². The van der Waals surface area contributed by atoms with Gasteiger partial charge in [-0.15, -0.1) is 0 Å². The third kappa shape index (κ3) is 2.22. The first-order valence-corrected chi connectivity index (χ1v) is 5.67. The van der Waals surface area contributed by atoms with Crippen molar-refractivity contribution in [1.82, 2.24) is 9.78 Å². The summed E-state index contributed by atoms with van der Waals surface area (Å²) >= 11 is 0. The molecule has 0 aliphatic heterocycles. The van der Waals surface area contributed by atoms with Crippen LogP contribution in [-0.4, -0.2) is 9.78 Å². The molecule has 2 N–H and O–H groups in total. The molecule has 0 radical (unpaired) electrons. The zero-order valence-electron chi connectivity index (χ0n) is 10.1. The summed E-state index contributed by atoms with van der Waals surface area (Å²) in [5.74, 6) is -0.240. The number of nitrogens with two attached hydrogens (primary N) is 1. The van der Waals surface area contributed by atoms with Gasteiger partial charge in [0.25, 0.3) is 0 Å². The van der Waals surface area contributed by atoms with Crippen LogP contribution in [0.5, 0.6) is 0 Å². The van der Waals surface area contributed by atoms with E-state index in [-0.39, 0.29) is 5.82 Å². The van der Waals surface area contributed by atoms with Crippen molar-refractivity contribution in [3.8, 4) is 11.1 Å². The van der Waals surface area contributed by atoms with Crippen LogP contribution in [-0.2, 0) is 20.0 Å². The third-order valence-corrected chi connectivity index (χ3v) is 2.80. The first-order valence-electron chi connectivity index (χ1n) is 5.67. The third-order valence-electron chi connectivity index (χ3n) is 2.80. The van der Waals surface area contributed by atoms with Crippen LogP contribution in [0.15, 0.2) is 24.4 Å². The summed E-state index contributed by atoms with van der Waals surface area (Å²) in [7, 11) is 1.84. The van der Waals surface area contributed by atoms with E-state index in [4.69, 9.17) is 5.73 Å². The molecule has 2 rings (SSSR count). The van der Waals surface area contributed by atoms with Gasteiger partial charge in [-0.1, -0.05) is 19.1 Å². The van der Waals surface area contributed by atoms with Gasteiger partial charge in [0.05, 0.1) is 5.69 Å². The van der Waals surface area contributed by atoms with Crippen LogP contribution in [0.25, 0.3) is 11.1 Å². The highest BCUT2D eigenvalue weighted by atomic mass is 19.1. The number of halogens is 1. The Bertz CT molecular complexity index is 531. The molecule has 1 aromatic heterocycles. The molecule has 0 atom stereocenters. The summed E-state index contributed by atoms with van der Waals surface area (Å²) in [6, 6.07) is 5.11. The van der Waals surface area contributed by atoms with E-state index in [9.17, 15) is 4.39 Å². The Morgan fingerprint density at radius 1 is 1.35 bits per heavy atom. The van der Waals surface area contributed by atoms with E-state index < -0.39 is 0 Å². The van der Waals surface area contributed by atoms with Crippen molar-refractivity contribution >= 4 is 0 Å². The minimum Gasteiger partial charge on any atom is -0.326 e. The molecular weight excluding hydrogens is 217 g/mol. The molecule has 0 saturated heterocycles. The zero-order valence-corrected chi connectivity index (χ0v) is 10.1. The summed E-state index contributed by atoms with van der Waals surface area (Å²) in [6.07, 6.45) is 2.63. The lowest BCUT2D eigenvalue weighted by Crippen LogP contribution is -1.97. The first kappa shape index (κ1) is 11.8. The van der Waals surface area contributed by atoms with Gasteiger partial charge in [-0.2, -0.15) is 5.10 Å². The lowest BCUT2D eigenvalue weighted by molar-refractivity contribution is 0.629. The maximum absolute atomic E-state index is 14.0. The molecule has 90 valence electrons. The van der Waals surface area contributed by atoms with E-state index in [0.29, 0.717) is 12.1 Å². The zero-order chi connectivity index (χ0) is 12.4. The molecule has 4 heteroatoms. The average molecular weight is 233 g/mol. The molecular formula is C13H16FN3. The van der Waals surface area contributed by atoms with Crippen molar-refractivity contribution < 1.29 is 4.39 Å². The Kier molecular flexibility index (Phi) is 3.24. The van der Waals surface area contributed by atoms with Gasteiger partial charge < -0.3 is 5.73 Å². The monoisotopic (exact) mass is 233 g/mol. The van der Waals surface area contributed by atoms with Crippen LogP contribution in [0.4, 0.5) is 4.39 Å². The number of aryl methyl sites for hydroxylation is 2. The van der Waals surface area contributed by atoms with Gasteiger partial charge in [-0.3, -0.25) is 4.68 Å². The van der Waals surface area contributed by atoms with Crippen molar-refractivity contribution in [2.75, 3.05) is 0 Å². The van der Waals surface area contributed by atoms with Crippen LogP contribution in [0, 0.1) is 5.82 Å². The Morgan fingerprint density at radius 2 is 2.12 bits per heavy atom. The minimum atomic E-state index is -0.240. The predicted octanol–water partition coefficient (Wildman–Crippen LogP) is 2.25. The topological polar surface area (TPSA) is 43.8 Å². The van der Waals surface area contributed by atoms with E-state index in [2.05, 4.69) is 5.10 Å². The van der Waals surface area contributed by atoms with Crippen LogP contribution in [0.1, 0.15) is 18.2 Å². The molecule has 17 heavy (non-hydrogen) atoms. The van der Waals surface area contributed by atoms with Crippen molar-refractivity contribution in [2.24, 2.45) is 12.8 Å². The van der Waals surface area contributed by atoms with E-state index in [0.717, 1.165) is 23.2 Å².